The van der Waals surface area contributed by atoms with Crippen LogP contribution >= 0.6 is 0 Å². The predicted molar refractivity (Wildman–Crippen MR) is 109 cm³/mol. The highest BCUT2D eigenvalue weighted by Crippen LogP contribution is 2.39. The minimum atomic E-state index is -0.0289. The Bertz CT molecular complexity index is 913. The zero-order valence-corrected chi connectivity index (χ0v) is 16.3. The third-order valence-electron chi connectivity index (χ3n) is 5.51. The van der Waals surface area contributed by atoms with Crippen LogP contribution in [-0.4, -0.2) is 0 Å². The second-order valence-corrected chi connectivity index (χ2v) is 7.74. The number of hydrogen-bond acceptors (Lipinski definition) is 0. The maximum atomic E-state index is 2.35. The van der Waals surface area contributed by atoms with Crippen LogP contribution in [0.25, 0.3) is 11.1 Å². The van der Waals surface area contributed by atoms with Crippen molar-refractivity contribution >= 4 is 0 Å². The zero-order valence-electron chi connectivity index (χ0n) is 16.3. The van der Waals surface area contributed by atoms with E-state index in [0.29, 0.717) is 0 Å². The van der Waals surface area contributed by atoms with Crippen molar-refractivity contribution in [2.24, 2.45) is 0 Å². The summed E-state index contributed by atoms with van der Waals surface area (Å²) in [5.74, 6) is 0. The molecule has 0 radical (unpaired) electrons. The average molecular weight is 328 g/mol. The van der Waals surface area contributed by atoms with Crippen molar-refractivity contribution in [3.63, 3.8) is 0 Å². The first kappa shape index (κ1) is 17.5. The lowest BCUT2D eigenvalue weighted by atomic mass is 9.73. The van der Waals surface area contributed by atoms with Crippen molar-refractivity contribution in [3.8, 4) is 11.1 Å². The molecule has 0 heterocycles. The molecule has 0 saturated carbocycles. The molecule has 0 nitrogen and oxygen atoms in total. The Morgan fingerprint density at radius 1 is 0.600 bits per heavy atom. The zero-order chi connectivity index (χ0) is 18.2. The molecule has 0 aromatic heterocycles. The normalized spacial score (nSPS) is 11.6. The van der Waals surface area contributed by atoms with Gasteiger partial charge in [-0.05, 0) is 66.6 Å². The summed E-state index contributed by atoms with van der Waals surface area (Å²) in [6.45, 7) is 13.5. The topological polar surface area (TPSA) is 0 Å². The minimum Gasteiger partial charge on any atom is -0.0620 e. The SMILES string of the molecule is Cc1ccc(C)c(C(C)(C)c2cccc(-c3ccccc3C)c2C)c1. The van der Waals surface area contributed by atoms with E-state index in [-0.39, 0.29) is 5.41 Å². The van der Waals surface area contributed by atoms with Crippen molar-refractivity contribution in [3.05, 3.63) is 94.0 Å². The Kier molecular flexibility index (Phi) is 4.56. The number of aryl methyl sites for hydroxylation is 3. The summed E-state index contributed by atoms with van der Waals surface area (Å²) in [6, 6.07) is 22.2. The smallest absolute Gasteiger partial charge is 0.0152 e. The lowest BCUT2D eigenvalue weighted by Crippen LogP contribution is -2.22. The molecule has 0 unspecified atom stereocenters. The molecule has 25 heavy (non-hydrogen) atoms. The fourth-order valence-corrected chi connectivity index (χ4v) is 4.03. The fourth-order valence-electron chi connectivity index (χ4n) is 4.03. The average Bonchev–Trinajstić information content (AvgIpc) is 2.58. The van der Waals surface area contributed by atoms with Crippen LogP contribution in [0.2, 0.25) is 0 Å². The highest BCUT2D eigenvalue weighted by molar-refractivity contribution is 5.72. The largest absolute Gasteiger partial charge is 0.0620 e. The molecule has 0 N–H and O–H groups in total. The van der Waals surface area contributed by atoms with E-state index in [1.807, 2.05) is 0 Å². The molecule has 128 valence electrons. The van der Waals surface area contributed by atoms with E-state index >= 15 is 0 Å². The molecule has 3 aromatic carbocycles. The maximum absolute atomic E-state index is 2.35. The highest BCUT2D eigenvalue weighted by Gasteiger charge is 2.27. The van der Waals surface area contributed by atoms with Gasteiger partial charge in [0.1, 0.15) is 0 Å². The summed E-state index contributed by atoms with van der Waals surface area (Å²) < 4.78 is 0. The van der Waals surface area contributed by atoms with Crippen molar-refractivity contribution in [1.29, 1.82) is 0 Å². The van der Waals surface area contributed by atoms with E-state index in [2.05, 4.69) is 102 Å². The number of hydrogen-bond donors (Lipinski definition) is 0. The molecule has 0 fully saturated rings. The minimum absolute atomic E-state index is 0.0289. The molecule has 3 aromatic rings. The molecule has 0 bridgehead atoms. The summed E-state index contributed by atoms with van der Waals surface area (Å²) >= 11 is 0. The van der Waals surface area contributed by atoms with Crippen molar-refractivity contribution < 1.29 is 0 Å². The second-order valence-electron chi connectivity index (χ2n) is 7.74. The second kappa shape index (κ2) is 6.52. The highest BCUT2D eigenvalue weighted by atomic mass is 14.3. The Balaban J connectivity index is 2.20. The molecule has 3 rings (SSSR count). The van der Waals surface area contributed by atoms with Gasteiger partial charge in [0.2, 0.25) is 0 Å². The van der Waals surface area contributed by atoms with Gasteiger partial charge in [-0.25, -0.2) is 0 Å². The van der Waals surface area contributed by atoms with E-state index in [9.17, 15) is 0 Å². The Morgan fingerprint density at radius 2 is 1.28 bits per heavy atom. The first-order valence-corrected chi connectivity index (χ1v) is 9.06. The van der Waals surface area contributed by atoms with Crippen molar-refractivity contribution in [1.82, 2.24) is 0 Å². The van der Waals surface area contributed by atoms with Gasteiger partial charge in [-0.3, -0.25) is 0 Å². The van der Waals surface area contributed by atoms with Gasteiger partial charge in [0.25, 0.3) is 0 Å². The maximum Gasteiger partial charge on any atom is 0.0152 e. The standard InChI is InChI=1S/C25H28/c1-17-14-15-19(3)24(16-17)25(5,6)23-13-9-12-22(20(23)4)21-11-8-7-10-18(21)2/h7-16H,1-6H3. The van der Waals surface area contributed by atoms with E-state index in [1.165, 1.54) is 44.5 Å². The van der Waals surface area contributed by atoms with Crippen molar-refractivity contribution in [2.75, 3.05) is 0 Å². The van der Waals surface area contributed by atoms with Gasteiger partial charge in [0, 0.05) is 5.41 Å². The molecule has 0 spiro atoms. The van der Waals surface area contributed by atoms with E-state index < -0.39 is 0 Å². The molecule has 0 saturated heterocycles. The number of rotatable bonds is 3. The molecular formula is C25H28. The van der Waals surface area contributed by atoms with Crippen molar-refractivity contribution in [2.45, 2.75) is 47.0 Å². The Hall–Kier alpha value is -2.34. The van der Waals surface area contributed by atoms with Crippen LogP contribution in [-0.2, 0) is 5.41 Å². The quantitative estimate of drug-likeness (QED) is 0.490. The van der Waals surface area contributed by atoms with Crippen LogP contribution in [0, 0.1) is 27.7 Å². The van der Waals surface area contributed by atoms with Gasteiger partial charge in [0.05, 0.1) is 0 Å². The van der Waals surface area contributed by atoms with Crippen LogP contribution in [0.5, 0.6) is 0 Å². The van der Waals surface area contributed by atoms with Crippen LogP contribution < -0.4 is 0 Å². The van der Waals surface area contributed by atoms with Crippen LogP contribution in [0.15, 0.2) is 60.7 Å². The third-order valence-corrected chi connectivity index (χ3v) is 5.51. The molecule has 0 atom stereocenters. The van der Waals surface area contributed by atoms with Crippen LogP contribution in [0.4, 0.5) is 0 Å². The monoisotopic (exact) mass is 328 g/mol. The molecular weight excluding hydrogens is 300 g/mol. The van der Waals surface area contributed by atoms with Gasteiger partial charge in [-0.1, -0.05) is 80.1 Å². The molecule has 0 amide bonds. The molecule has 0 aliphatic carbocycles. The van der Waals surface area contributed by atoms with E-state index in [0.717, 1.165) is 0 Å². The predicted octanol–water partition coefficient (Wildman–Crippen LogP) is 6.91. The van der Waals surface area contributed by atoms with Gasteiger partial charge < -0.3 is 0 Å². The molecule has 0 aliphatic heterocycles. The van der Waals surface area contributed by atoms with Gasteiger partial charge in [-0.15, -0.1) is 0 Å². The summed E-state index contributed by atoms with van der Waals surface area (Å²) in [5.41, 5.74) is 10.8. The summed E-state index contributed by atoms with van der Waals surface area (Å²) in [4.78, 5) is 0. The summed E-state index contributed by atoms with van der Waals surface area (Å²) in [6.07, 6.45) is 0. The lowest BCUT2D eigenvalue weighted by molar-refractivity contribution is 0.631. The first-order valence-electron chi connectivity index (χ1n) is 9.06. The summed E-state index contributed by atoms with van der Waals surface area (Å²) in [5, 5.41) is 0. The van der Waals surface area contributed by atoms with Gasteiger partial charge >= 0.3 is 0 Å². The fraction of sp³-hybridized carbons (Fsp3) is 0.280. The molecule has 0 heteroatoms. The van der Waals surface area contributed by atoms with Crippen LogP contribution in [0.3, 0.4) is 0 Å². The van der Waals surface area contributed by atoms with Gasteiger partial charge in [0.15, 0.2) is 0 Å². The molecule has 0 aliphatic rings. The Labute approximate surface area is 152 Å². The lowest BCUT2D eigenvalue weighted by Gasteiger charge is -2.31. The summed E-state index contributed by atoms with van der Waals surface area (Å²) in [7, 11) is 0. The van der Waals surface area contributed by atoms with Gasteiger partial charge in [-0.2, -0.15) is 0 Å². The van der Waals surface area contributed by atoms with E-state index in [1.54, 1.807) is 0 Å². The number of benzene rings is 3. The Morgan fingerprint density at radius 3 is 2.00 bits per heavy atom. The van der Waals surface area contributed by atoms with Crippen LogP contribution in [0.1, 0.15) is 47.2 Å². The first-order chi connectivity index (χ1) is 11.8. The van der Waals surface area contributed by atoms with E-state index in [4.69, 9.17) is 0 Å². The third kappa shape index (κ3) is 3.14.